The van der Waals surface area contributed by atoms with Crippen LogP contribution in [0.25, 0.3) is 21.9 Å². The summed E-state index contributed by atoms with van der Waals surface area (Å²) < 4.78 is 29.1. The first kappa shape index (κ1) is 31.2. The molecule has 4 aromatic rings. The number of nitrogens with two attached hydrogens (primary N) is 1. The van der Waals surface area contributed by atoms with Gasteiger partial charge in [0.1, 0.15) is 30.1 Å². The summed E-state index contributed by atoms with van der Waals surface area (Å²) in [5, 5.41) is 15.9. The van der Waals surface area contributed by atoms with Crippen LogP contribution in [0, 0.1) is 0 Å². The highest BCUT2D eigenvalue weighted by Crippen LogP contribution is 2.39. The van der Waals surface area contributed by atoms with Crippen molar-refractivity contribution in [3.05, 3.63) is 73.3 Å². The predicted octanol–water partition coefficient (Wildman–Crippen LogP) is 1.53. The van der Waals surface area contributed by atoms with Crippen LogP contribution >= 0.6 is 7.82 Å². The molecular weight excluding hydrogens is 595 g/mol. The second-order valence-corrected chi connectivity index (χ2v) is 11.4. The van der Waals surface area contributed by atoms with Crippen LogP contribution in [-0.2, 0) is 34.6 Å². The Kier molecular flexibility index (Phi) is 9.34. The van der Waals surface area contributed by atoms with Crippen LogP contribution in [0.15, 0.2) is 67.8 Å². The molecule has 5 atom stereocenters. The van der Waals surface area contributed by atoms with Gasteiger partial charge in [-0.1, -0.05) is 48.5 Å². The Bertz CT molecular complexity index is 1730. The number of carbonyl (C=O) groups excluding carboxylic acids is 2. The van der Waals surface area contributed by atoms with E-state index < -0.39 is 56.9 Å². The molecule has 0 radical (unpaired) electrons. The number of nitrogen functional groups attached to an aromatic ring is 1. The Morgan fingerprint density at radius 1 is 1.18 bits per heavy atom. The average Bonchev–Trinajstić information content (AvgIpc) is 3.55. The highest BCUT2D eigenvalue weighted by molar-refractivity contribution is 7.46. The maximum absolute atomic E-state index is 13.6. The zero-order valence-corrected chi connectivity index (χ0v) is 24.2. The Balaban J connectivity index is 1.41. The van der Waals surface area contributed by atoms with Gasteiger partial charge in [0.05, 0.1) is 12.9 Å². The van der Waals surface area contributed by atoms with Crippen molar-refractivity contribution in [3.63, 3.8) is 0 Å². The van der Waals surface area contributed by atoms with Crippen LogP contribution in [0.5, 0.6) is 0 Å². The number of fused-ring (bicyclic) bond motifs is 2. The lowest BCUT2D eigenvalue weighted by Gasteiger charge is -2.24. The highest BCUT2D eigenvalue weighted by atomic mass is 31.2. The number of benzene rings is 2. The summed E-state index contributed by atoms with van der Waals surface area (Å²) in [6.07, 6.45) is -1.06. The van der Waals surface area contributed by atoms with Crippen molar-refractivity contribution in [1.29, 1.82) is 0 Å². The molecule has 6 N–H and O–H groups in total. The number of anilines is 1. The number of aliphatic hydroxyl groups excluding tert-OH is 1. The van der Waals surface area contributed by atoms with Gasteiger partial charge in [0.2, 0.25) is 5.91 Å². The molecule has 0 bridgehead atoms. The molecule has 16 heteroatoms. The number of hydrogen-bond acceptors (Lipinski definition) is 11. The normalized spacial score (nSPS) is 20.9. The molecule has 0 unspecified atom stereocenters. The summed E-state index contributed by atoms with van der Waals surface area (Å²) in [6, 6.07) is 12.1. The Morgan fingerprint density at radius 3 is 2.70 bits per heavy atom. The number of aliphatic hydroxyl groups is 1. The van der Waals surface area contributed by atoms with Gasteiger partial charge in [-0.2, -0.15) is 0 Å². The smallest absolute Gasteiger partial charge is 0.455 e. The summed E-state index contributed by atoms with van der Waals surface area (Å²) in [6.45, 7) is 2.88. The lowest BCUT2D eigenvalue weighted by atomic mass is 10.0. The molecule has 0 saturated carbocycles. The monoisotopic (exact) mass is 626 g/mol. The van der Waals surface area contributed by atoms with E-state index in [0.29, 0.717) is 6.42 Å². The minimum atomic E-state index is -4.96. The van der Waals surface area contributed by atoms with Crippen LogP contribution < -0.4 is 11.1 Å². The van der Waals surface area contributed by atoms with Gasteiger partial charge < -0.3 is 35.4 Å². The van der Waals surface area contributed by atoms with Gasteiger partial charge in [0.15, 0.2) is 23.8 Å². The van der Waals surface area contributed by atoms with E-state index in [1.807, 2.05) is 42.5 Å². The molecule has 232 valence electrons. The van der Waals surface area contributed by atoms with Gasteiger partial charge in [-0.3, -0.25) is 13.9 Å². The lowest BCUT2D eigenvalue weighted by molar-refractivity contribution is -0.160. The first-order chi connectivity index (χ1) is 21.0. The molecule has 0 aliphatic carbocycles. The van der Waals surface area contributed by atoms with E-state index in [2.05, 4.69) is 31.4 Å². The van der Waals surface area contributed by atoms with E-state index in [1.54, 1.807) is 6.08 Å². The van der Waals surface area contributed by atoms with E-state index in [-0.39, 0.29) is 29.8 Å². The Hall–Kier alpha value is -4.24. The number of nitrogens with one attached hydrogen (secondary N) is 1. The molecule has 1 amide bonds. The summed E-state index contributed by atoms with van der Waals surface area (Å²) in [7, 11) is -4.96. The summed E-state index contributed by atoms with van der Waals surface area (Å²) in [5.74, 6) is -1.24. The number of nitrogens with zero attached hydrogens (tertiary/aromatic N) is 4. The number of ether oxygens (including phenoxy) is 2. The second-order valence-electron chi connectivity index (χ2n) is 10.2. The van der Waals surface area contributed by atoms with Crippen molar-refractivity contribution < 1.29 is 43.0 Å². The van der Waals surface area contributed by atoms with Gasteiger partial charge in [-0.05, 0) is 22.8 Å². The molecule has 15 nitrogen and oxygen atoms in total. The fraction of sp³-hybridized carbons (Fsp3) is 0.321. The quantitative estimate of drug-likeness (QED) is 0.0856. The predicted molar refractivity (Wildman–Crippen MR) is 157 cm³/mol. The molecule has 0 spiro atoms. The Labute approximate surface area is 250 Å². The second kappa shape index (κ2) is 13.2. The molecule has 44 heavy (non-hydrogen) atoms. The van der Waals surface area contributed by atoms with Crippen LogP contribution in [-0.4, -0.2) is 77.2 Å². The number of phosphoric acid groups is 1. The Morgan fingerprint density at radius 2 is 1.95 bits per heavy atom. The lowest BCUT2D eigenvalue weighted by Crippen LogP contribution is -2.47. The maximum Gasteiger partial charge on any atom is 0.469 e. The molecular formula is C28H31N6O9P. The number of amides is 1. The zero-order valence-electron chi connectivity index (χ0n) is 23.3. The number of rotatable bonds is 12. The average molecular weight is 627 g/mol. The molecule has 1 aliphatic rings. The van der Waals surface area contributed by atoms with Crippen LogP contribution in [0.1, 0.15) is 24.6 Å². The number of esters is 1. The molecule has 1 saturated heterocycles. The SMILES string of the molecule is C=CCCC(=O)N[C@@H](Cc1ccc2ccccc2c1)C(=O)O[C@H]1[C@@H](O)[C@H](n2cnc3c(N)ncnc32)O[C@@H]1COP(=O)(O)O. The fourth-order valence-corrected chi connectivity index (χ4v) is 5.31. The van der Waals surface area contributed by atoms with Crippen molar-refractivity contribution >= 4 is 47.5 Å². The van der Waals surface area contributed by atoms with Gasteiger partial charge in [0.25, 0.3) is 0 Å². The van der Waals surface area contributed by atoms with Crippen LogP contribution in [0.3, 0.4) is 0 Å². The first-order valence-corrected chi connectivity index (χ1v) is 15.1. The highest BCUT2D eigenvalue weighted by Gasteiger charge is 2.49. The first-order valence-electron chi connectivity index (χ1n) is 13.6. The van der Waals surface area contributed by atoms with E-state index >= 15 is 0 Å². The van der Waals surface area contributed by atoms with Crippen molar-refractivity contribution in [1.82, 2.24) is 24.8 Å². The van der Waals surface area contributed by atoms with E-state index in [1.165, 1.54) is 17.2 Å². The topological polar surface area (TPSA) is 221 Å². The number of imidazole rings is 1. The fourth-order valence-electron chi connectivity index (χ4n) is 4.97. The van der Waals surface area contributed by atoms with Gasteiger partial charge >= 0.3 is 13.8 Å². The molecule has 2 aromatic carbocycles. The minimum absolute atomic E-state index is 0.0581. The van der Waals surface area contributed by atoms with E-state index in [0.717, 1.165) is 16.3 Å². The molecule has 1 fully saturated rings. The zero-order chi connectivity index (χ0) is 31.4. The minimum Gasteiger partial charge on any atom is -0.455 e. The van der Waals surface area contributed by atoms with Crippen molar-refractivity contribution in [3.8, 4) is 0 Å². The number of phosphoric ester groups is 1. The number of allylic oxidation sites excluding steroid dienone is 1. The molecule has 1 aliphatic heterocycles. The van der Waals surface area contributed by atoms with E-state index in [9.17, 15) is 29.0 Å². The summed E-state index contributed by atoms with van der Waals surface area (Å²) in [4.78, 5) is 57.1. The maximum atomic E-state index is 13.6. The van der Waals surface area contributed by atoms with Crippen LogP contribution in [0.2, 0.25) is 0 Å². The van der Waals surface area contributed by atoms with Crippen molar-refractivity contribution in [2.45, 2.75) is 49.8 Å². The van der Waals surface area contributed by atoms with E-state index in [4.69, 9.17) is 15.2 Å². The van der Waals surface area contributed by atoms with Gasteiger partial charge in [0, 0.05) is 12.8 Å². The largest absolute Gasteiger partial charge is 0.469 e. The van der Waals surface area contributed by atoms with Crippen molar-refractivity contribution in [2.75, 3.05) is 12.3 Å². The molecule has 5 rings (SSSR count). The van der Waals surface area contributed by atoms with Gasteiger partial charge in [-0.15, -0.1) is 6.58 Å². The van der Waals surface area contributed by atoms with Crippen molar-refractivity contribution in [2.24, 2.45) is 0 Å². The third-order valence-electron chi connectivity index (χ3n) is 7.08. The number of carbonyl (C=O) groups is 2. The molecule has 3 heterocycles. The van der Waals surface area contributed by atoms with Gasteiger partial charge in [-0.25, -0.2) is 24.3 Å². The van der Waals surface area contributed by atoms with Crippen LogP contribution in [0.4, 0.5) is 5.82 Å². The summed E-state index contributed by atoms with van der Waals surface area (Å²) in [5.41, 5.74) is 7.03. The summed E-state index contributed by atoms with van der Waals surface area (Å²) >= 11 is 0. The third kappa shape index (κ3) is 7.10. The number of hydrogen-bond donors (Lipinski definition) is 5. The molecule has 2 aromatic heterocycles. The third-order valence-corrected chi connectivity index (χ3v) is 7.56. The number of aromatic nitrogens is 4. The standard InChI is InChI=1S/C28H31N6O9P/c1-2-3-8-21(35)33-19(12-16-9-10-17-6-4-5-7-18(17)11-16)28(37)43-24-20(13-41-44(38,39)40)42-27(23(24)36)34-15-32-22-25(29)30-14-31-26(22)34/h2,4-7,9-11,14-15,19-20,23-24,27,36H,1,3,8,12-13H2,(H,33,35)(H2,29,30,31)(H2,38,39,40)/t19-,20+,23+,24+,27+/m0/s1.